The van der Waals surface area contributed by atoms with Crippen LogP contribution in [0.5, 0.6) is 0 Å². The van der Waals surface area contributed by atoms with Crippen molar-refractivity contribution >= 4 is 11.0 Å². The zero-order valence-electron chi connectivity index (χ0n) is 13.9. The smallest absolute Gasteiger partial charge is 0.336 e. The molecule has 0 fully saturated rings. The van der Waals surface area contributed by atoms with E-state index in [0.29, 0.717) is 18.0 Å². The van der Waals surface area contributed by atoms with E-state index in [-0.39, 0.29) is 5.63 Å². The fourth-order valence-corrected chi connectivity index (χ4v) is 2.78. The number of aryl methyl sites for hydroxylation is 2. The number of fused-ring (bicyclic) bond motifs is 1. The first-order chi connectivity index (χ1) is 12.1. The molecule has 4 rings (SSSR count). The Morgan fingerprint density at radius 1 is 1.04 bits per heavy atom. The standard InChI is InChI=1S/C19H16N4O2/c1-12-8-16-15(10-18(24)25-17(16)9-13(12)2)11-23-21-19(20-22-23)14-6-4-3-5-7-14/h3-10H,11H2,1-2H3. The highest BCUT2D eigenvalue weighted by molar-refractivity contribution is 5.81. The van der Waals surface area contributed by atoms with E-state index < -0.39 is 0 Å². The van der Waals surface area contributed by atoms with Gasteiger partial charge in [-0.05, 0) is 47.9 Å². The molecule has 0 N–H and O–H groups in total. The first-order valence-corrected chi connectivity index (χ1v) is 7.97. The topological polar surface area (TPSA) is 73.8 Å². The Morgan fingerprint density at radius 3 is 2.60 bits per heavy atom. The molecule has 2 heterocycles. The molecule has 0 aliphatic carbocycles. The predicted molar refractivity (Wildman–Crippen MR) is 94.3 cm³/mol. The third-order valence-corrected chi connectivity index (χ3v) is 4.24. The minimum Gasteiger partial charge on any atom is -0.423 e. The van der Waals surface area contributed by atoms with Gasteiger partial charge >= 0.3 is 5.63 Å². The van der Waals surface area contributed by atoms with Crippen molar-refractivity contribution in [3.05, 3.63) is 75.6 Å². The molecule has 25 heavy (non-hydrogen) atoms. The number of aromatic nitrogens is 4. The van der Waals surface area contributed by atoms with Gasteiger partial charge in [0.2, 0.25) is 5.82 Å². The van der Waals surface area contributed by atoms with Crippen molar-refractivity contribution in [3.8, 4) is 11.4 Å². The SMILES string of the molecule is Cc1cc2oc(=O)cc(Cn3nnc(-c4ccccc4)n3)c2cc1C. The van der Waals surface area contributed by atoms with Gasteiger partial charge in [0.1, 0.15) is 5.58 Å². The van der Waals surface area contributed by atoms with E-state index in [1.165, 1.54) is 10.9 Å². The molecule has 6 nitrogen and oxygen atoms in total. The summed E-state index contributed by atoms with van der Waals surface area (Å²) in [5, 5.41) is 13.5. The van der Waals surface area contributed by atoms with Crippen LogP contribution in [0.25, 0.3) is 22.4 Å². The van der Waals surface area contributed by atoms with Gasteiger partial charge < -0.3 is 4.42 Å². The van der Waals surface area contributed by atoms with E-state index in [1.807, 2.05) is 56.3 Å². The zero-order valence-corrected chi connectivity index (χ0v) is 13.9. The van der Waals surface area contributed by atoms with Gasteiger partial charge in [0.25, 0.3) is 0 Å². The molecule has 2 aromatic heterocycles. The Hall–Kier alpha value is -3.28. The highest BCUT2D eigenvalue weighted by atomic mass is 16.4. The summed E-state index contributed by atoms with van der Waals surface area (Å²) < 4.78 is 5.33. The molecule has 0 unspecified atom stereocenters. The molecule has 0 radical (unpaired) electrons. The lowest BCUT2D eigenvalue weighted by Crippen LogP contribution is -2.08. The van der Waals surface area contributed by atoms with Crippen LogP contribution < -0.4 is 5.63 Å². The predicted octanol–water partition coefficient (Wildman–Crippen LogP) is 3.11. The second-order valence-corrected chi connectivity index (χ2v) is 6.03. The van der Waals surface area contributed by atoms with Crippen LogP contribution in [0, 0.1) is 13.8 Å². The molecule has 0 spiro atoms. The average molecular weight is 332 g/mol. The first-order valence-electron chi connectivity index (χ1n) is 7.97. The maximum atomic E-state index is 11.9. The Bertz CT molecular complexity index is 1110. The lowest BCUT2D eigenvalue weighted by molar-refractivity contribution is 0.545. The van der Waals surface area contributed by atoms with Crippen molar-refractivity contribution in [2.24, 2.45) is 0 Å². The second kappa shape index (κ2) is 5.98. The molecule has 2 aromatic carbocycles. The molecule has 4 aromatic rings. The van der Waals surface area contributed by atoms with Gasteiger partial charge in [0, 0.05) is 17.0 Å². The van der Waals surface area contributed by atoms with E-state index >= 15 is 0 Å². The van der Waals surface area contributed by atoms with Crippen molar-refractivity contribution in [3.63, 3.8) is 0 Å². The van der Waals surface area contributed by atoms with E-state index in [1.54, 1.807) is 0 Å². The highest BCUT2D eigenvalue weighted by Crippen LogP contribution is 2.22. The lowest BCUT2D eigenvalue weighted by Gasteiger charge is -2.07. The molecule has 0 saturated carbocycles. The normalized spacial score (nSPS) is 11.1. The van der Waals surface area contributed by atoms with Crippen LogP contribution in [0.4, 0.5) is 0 Å². The maximum Gasteiger partial charge on any atom is 0.336 e. The Morgan fingerprint density at radius 2 is 1.80 bits per heavy atom. The van der Waals surface area contributed by atoms with Crippen LogP contribution >= 0.6 is 0 Å². The van der Waals surface area contributed by atoms with E-state index in [2.05, 4.69) is 15.4 Å². The zero-order chi connectivity index (χ0) is 17.4. The summed E-state index contributed by atoms with van der Waals surface area (Å²) in [6.45, 7) is 4.38. The average Bonchev–Trinajstić information content (AvgIpc) is 3.06. The Labute approximate surface area is 143 Å². The lowest BCUT2D eigenvalue weighted by atomic mass is 10.0. The number of rotatable bonds is 3. The molecule has 0 bridgehead atoms. The van der Waals surface area contributed by atoms with Gasteiger partial charge in [0.05, 0.1) is 6.54 Å². The quantitative estimate of drug-likeness (QED) is 0.539. The summed E-state index contributed by atoms with van der Waals surface area (Å²) in [6, 6.07) is 15.1. The summed E-state index contributed by atoms with van der Waals surface area (Å²) in [5.74, 6) is 0.555. The van der Waals surface area contributed by atoms with Crippen LogP contribution in [-0.4, -0.2) is 20.2 Å². The third-order valence-electron chi connectivity index (χ3n) is 4.24. The monoisotopic (exact) mass is 332 g/mol. The highest BCUT2D eigenvalue weighted by Gasteiger charge is 2.11. The molecule has 124 valence electrons. The molecule has 0 amide bonds. The molecule has 6 heteroatoms. The number of tetrazole rings is 1. The minimum absolute atomic E-state index is 0.352. The molecule has 0 aliphatic heterocycles. The first kappa shape index (κ1) is 15.3. The van der Waals surface area contributed by atoms with Crippen molar-refractivity contribution in [2.45, 2.75) is 20.4 Å². The number of hydrogen-bond donors (Lipinski definition) is 0. The summed E-state index contributed by atoms with van der Waals surface area (Å²) in [4.78, 5) is 13.4. The van der Waals surface area contributed by atoms with Gasteiger partial charge in [0.15, 0.2) is 0 Å². The number of nitrogens with zero attached hydrogens (tertiary/aromatic N) is 4. The van der Waals surface area contributed by atoms with Gasteiger partial charge in [-0.15, -0.1) is 10.2 Å². The van der Waals surface area contributed by atoms with Crippen molar-refractivity contribution in [1.29, 1.82) is 0 Å². The fraction of sp³-hybridized carbons (Fsp3) is 0.158. The maximum absolute atomic E-state index is 11.9. The summed E-state index contributed by atoms with van der Waals surface area (Å²) in [6.07, 6.45) is 0. The molecular formula is C19H16N4O2. The summed E-state index contributed by atoms with van der Waals surface area (Å²) in [7, 11) is 0. The molecule has 0 saturated heterocycles. The number of hydrogen-bond acceptors (Lipinski definition) is 5. The van der Waals surface area contributed by atoms with Crippen LogP contribution in [0.3, 0.4) is 0 Å². The van der Waals surface area contributed by atoms with E-state index in [0.717, 1.165) is 27.6 Å². The second-order valence-electron chi connectivity index (χ2n) is 6.03. The molecule has 0 atom stereocenters. The third kappa shape index (κ3) is 2.94. The van der Waals surface area contributed by atoms with Crippen LogP contribution in [0.15, 0.2) is 57.7 Å². The minimum atomic E-state index is -0.380. The van der Waals surface area contributed by atoms with Crippen molar-refractivity contribution in [2.75, 3.05) is 0 Å². The fourth-order valence-electron chi connectivity index (χ4n) is 2.78. The number of benzene rings is 2. The van der Waals surface area contributed by atoms with E-state index in [9.17, 15) is 4.79 Å². The van der Waals surface area contributed by atoms with Gasteiger partial charge in [-0.2, -0.15) is 4.80 Å². The summed E-state index contributed by atoms with van der Waals surface area (Å²) >= 11 is 0. The van der Waals surface area contributed by atoms with Gasteiger partial charge in [-0.1, -0.05) is 30.3 Å². The van der Waals surface area contributed by atoms with Gasteiger partial charge in [-0.25, -0.2) is 4.79 Å². The van der Waals surface area contributed by atoms with E-state index in [4.69, 9.17) is 4.42 Å². The van der Waals surface area contributed by atoms with Crippen molar-refractivity contribution < 1.29 is 4.42 Å². The Kier molecular flexibility index (Phi) is 3.65. The van der Waals surface area contributed by atoms with Crippen molar-refractivity contribution in [1.82, 2.24) is 20.2 Å². The Balaban J connectivity index is 1.75. The van der Waals surface area contributed by atoms with Crippen LogP contribution in [0.2, 0.25) is 0 Å². The van der Waals surface area contributed by atoms with Gasteiger partial charge in [-0.3, -0.25) is 0 Å². The van der Waals surface area contributed by atoms with Crippen LogP contribution in [0.1, 0.15) is 16.7 Å². The molecule has 0 aliphatic rings. The molecular weight excluding hydrogens is 316 g/mol. The summed E-state index contributed by atoms with van der Waals surface area (Å²) in [5.41, 5.74) is 4.13. The van der Waals surface area contributed by atoms with Crippen LogP contribution in [-0.2, 0) is 6.54 Å². The largest absolute Gasteiger partial charge is 0.423 e.